The number of carboxylic acids is 2. The standard InChI is InChI=1S/C34H35N4O4.Fe/c1-7-21-17(3)25-13-26-19(5)23(9-11-33(39)40)31(37-26)16-32-24(10-12-34(41)42)20(6)28(38-32)15-30-22(8-2)18(4)27(36-30)14-29(21)35-25;/h7-8,13-16H,1,9-12H2,2-6H3,(H4-,35,36,37,38,39,40,41,42);/q-1;+2/p-2/b22-8-,29-14-;. The summed E-state index contributed by atoms with van der Waals surface area (Å²) in [5.41, 5.74) is 9.98. The number of hydrogen-bond acceptors (Lipinski definition) is 3. The van der Waals surface area contributed by atoms with E-state index >= 15 is 0 Å². The van der Waals surface area contributed by atoms with Crippen LogP contribution in [-0.4, -0.2) is 27.9 Å². The maximum absolute atomic E-state index is 11.5. The smallest absolute Gasteiger partial charge is 0.657 e. The molecule has 0 aromatic carbocycles. The predicted octanol–water partition coefficient (Wildman–Crippen LogP) is 2.07. The summed E-state index contributed by atoms with van der Waals surface area (Å²) in [4.78, 5) is 42.8. The minimum absolute atomic E-state index is 0. The van der Waals surface area contributed by atoms with E-state index in [1.54, 1.807) is 6.08 Å². The molecule has 9 heteroatoms. The van der Waals surface area contributed by atoms with Crippen LogP contribution in [0.5, 0.6) is 0 Å². The maximum Gasteiger partial charge on any atom is 2.00 e. The predicted molar refractivity (Wildman–Crippen MR) is 164 cm³/mol. The zero-order chi connectivity index (χ0) is 30.3. The third kappa shape index (κ3) is 5.96. The first-order valence-electron chi connectivity index (χ1n) is 13.9. The molecule has 2 N–H and O–H groups in total. The molecule has 0 atom stereocenters. The van der Waals surface area contributed by atoms with E-state index in [-0.39, 0.29) is 29.9 Å². The Balaban J connectivity index is 0.00000423. The van der Waals surface area contributed by atoms with Crippen LogP contribution in [0.2, 0.25) is 0 Å². The molecule has 222 valence electrons. The van der Waals surface area contributed by atoms with Gasteiger partial charge in [0.25, 0.3) is 0 Å². The van der Waals surface area contributed by atoms with Crippen molar-refractivity contribution in [3.8, 4) is 0 Å². The number of rotatable bonds is 7. The molecule has 2 aliphatic heterocycles. The van der Waals surface area contributed by atoms with Crippen LogP contribution in [0.3, 0.4) is 0 Å². The molecule has 8 bridgehead atoms. The van der Waals surface area contributed by atoms with Crippen molar-refractivity contribution in [2.75, 3.05) is 0 Å². The van der Waals surface area contributed by atoms with Crippen molar-refractivity contribution < 1.29 is 36.9 Å². The molecule has 2 aliphatic rings. The van der Waals surface area contributed by atoms with Crippen molar-refractivity contribution in [1.29, 1.82) is 0 Å². The quantitative estimate of drug-likeness (QED) is 0.389. The summed E-state index contributed by atoms with van der Waals surface area (Å²) in [7, 11) is 0. The second-order valence-corrected chi connectivity index (χ2v) is 10.7. The molecule has 5 rings (SSSR count). The van der Waals surface area contributed by atoms with Crippen molar-refractivity contribution in [2.45, 2.75) is 60.3 Å². The van der Waals surface area contributed by atoms with Crippen molar-refractivity contribution in [3.05, 3.63) is 95.7 Å². The summed E-state index contributed by atoms with van der Waals surface area (Å²) < 4.78 is 0. The van der Waals surface area contributed by atoms with Gasteiger partial charge in [0.2, 0.25) is 0 Å². The molecule has 0 saturated carbocycles. The molecule has 0 amide bonds. The minimum atomic E-state index is -0.892. The van der Waals surface area contributed by atoms with E-state index in [4.69, 9.17) is 19.9 Å². The Bertz CT molecular complexity index is 2010. The molecule has 3 aromatic rings. The monoisotopic (exact) mass is 617 g/mol. The van der Waals surface area contributed by atoms with E-state index in [1.165, 1.54) is 0 Å². The second kappa shape index (κ2) is 12.5. The maximum atomic E-state index is 11.5. The number of aliphatic carboxylic acids is 2. The Morgan fingerprint density at radius 2 is 1.42 bits per heavy atom. The van der Waals surface area contributed by atoms with Gasteiger partial charge in [0.1, 0.15) is 0 Å². The van der Waals surface area contributed by atoms with Gasteiger partial charge < -0.3 is 25.2 Å². The SMILES string of the molecule is C=CC1=C(C)C2=NC/1=C\c1[n-]c(/c(=C\C)c1C)=C\c1[n-]c(c(CCC(=O)O)c1C)/C=c1\[n-]/c(c(C)c1CCC(=O)O)=C\2.[Fe+2]. The largest absolute Gasteiger partial charge is 2.00 e. The normalized spacial score (nSPS) is 17.9. The van der Waals surface area contributed by atoms with Crippen molar-refractivity contribution >= 4 is 48.0 Å². The average Bonchev–Trinajstić information content (AvgIpc) is 3.59. The zero-order valence-electron chi connectivity index (χ0n) is 24.9. The Hall–Kier alpha value is -4.33. The fourth-order valence-corrected chi connectivity index (χ4v) is 5.72. The van der Waals surface area contributed by atoms with Crippen LogP contribution in [0.4, 0.5) is 0 Å². The molecular formula is C34H33FeN4O4-. The van der Waals surface area contributed by atoms with Gasteiger partial charge in [-0.15, -0.1) is 33.1 Å². The molecule has 8 nitrogen and oxygen atoms in total. The summed E-state index contributed by atoms with van der Waals surface area (Å²) in [6.07, 6.45) is 12.1. The van der Waals surface area contributed by atoms with E-state index in [0.29, 0.717) is 34.9 Å². The number of fused-ring (bicyclic) bond motifs is 7. The van der Waals surface area contributed by atoms with Crippen LogP contribution in [0.1, 0.15) is 71.6 Å². The van der Waals surface area contributed by atoms with E-state index < -0.39 is 11.9 Å². The molecule has 0 fully saturated rings. The van der Waals surface area contributed by atoms with Gasteiger partial charge in [0.05, 0.1) is 11.4 Å². The number of aliphatic imine (C=N–C) groups is 1. The molecule has 0 radical (unpaired) electrons. The van der Waals surface area contributed by atoms with E-state index in [2.05, 4.69) is 6.58 Å². The molecule has 3 aromatic heterocycles. The van der Waals surface area contributed by atoms with Crippen molar-refractivity contribution in [1.82, 2.24) is 15.0 Å². The number of allylic oxidation sites excluding steroid dienone is 2. The average molecular weight is 618 g/mol. The van der Waals surface area contributed by atoms with Crippen molar-refractivity contribution in [2.24, 2.45) is 4.99 Å². The molecular weight excluding hydrogens is 584 g/mol. The first-order chi connectivity index (χ1) is 20.0. The Kier molecular flexibility index (Phi) is 9.18. The number of hydrogen-bond donors (Lipinski definition) is 2. The van der Waals surface area contributed by atoms with Crippen molar-refractivity contribution in [3.63, 3.8) is 0 Å². The van der Waals surface area contributed by atoms with Crippen LogP contribution in [0.25, 0.3) is 30.4 Å². The third-order valence-electron chi connectivity index (χ3n) is 8.15. The summed E-state index contributed by atoms with van der Waals surface area (Å²) >= 11 is 0. The fourth-order valence-electron chi connectivity index (χ4n) is 5.72. The molecule has 0 saturated heterocycles. The topological polar surface area (TPSA) is 129 Å². The Morgan fingerprint density at radius 1 is 0.791 bits per heavy atom. The van der Waals surface area contributed by atoms with Crippen LogP contribution in [0, 0.1) is 20.8 Å². The molecule has 5 heterocycles. The summed E-state index contributed by atoms with van der Waals surface area (Å²) in [5.74, 6) is -1.78. The van der Waals surface area contributed by atoms with Gasteiger partial charge in [-0.2, -0.15) is 0 Å². The summed E-state index contributed by atoms with van der Waals surface area (Å²) in [6.45, 7) is 13.9. The number of aromatic nitrogens is 3. The Labute approximate surface area is 260 Å². The van der Waals surface area contributed by atoms with Gasteiger partial charge in [-0.3, -0.25) is 9.59 Å². The summed E-state index contributed by atoms with van der Waals surface area (Å²) in [6, 6.07) is 0. The first-order valence-corrected chi connectivity index (χ1v) is 13.9. The first kappa shape index (κ1) is 31.6. The zero-order valence-corrected chi connectivity index (χ0v) is 26.0. The van der Waals surface area contributed by atoms with Gasteiger partial charge in [-0.25, -0.2) is 4.99 Å². The van der Waals surface area contributed by atoms with Crippen LogP contribution in [-0.2, 0) is 39.5 Å². The van der Waals surface area contributed by atoms with E-state index in [1.807, 2.05) is 65.0 Å². The van der Waals surface area contributed by atoms with Gasteiger partial charge in [0, 0.05) is 18.4 Å². The fraction of sp³-hybridized carbons (Fsp3) is 0.265. The Morgan fingerprint density at radius 3 is 2.05 bits per heavy atom. The summed E-state index contributed by atoms with van der Waals surface area (Å²) in [5, 5.41) is 22.0. The van der Waals surface area contributed by atoms with E-state index in [0.717, 1.165) is 66.6 Å². The van der Waals surface area contributed by atoms with E-state index in [9.17, 15) is 19.8 Å². The van der Waals surface area contributed by atoms with Crippen LogP contribution < -0.4 is 36.2 Å². The minimum Gasteiger partial charge on any atom is -0.657 e. The number of carbonyl (C=O) groups is 2. The molecule has 0 spiro atoms. The number of carboxylic acid groups (broad SMARTS) is 2. The molecule has 43 heavy (non-hydrogen) atoms. The third-order valence-corrected chi connectivity index (χ3v) is 8.15. The van der Waals surface area contributed by atoms with Gasteiger partial charge >= 0.3 is 29.0 Å². The van der Waals surface area contributed by atoms with Crippen LogP contribution in [0.15, 0.2) is 34.5 Å². The van der Waals surface area contributed by atoms with Gasteiger partial charge in [-0.1, -0.05) is 70.9 Å². The van der Waals surface area contributed by atoms with Crippen LogP contribution >= 0.6 is 0 Å². The molecule has 0 aliphatic carbocycles. The number of nitrogens with zero attached hydrogens (tertiary/aromatic N) is 4. The molecule has 0 unspecified atom stereocenters. The second-order valence-electron chi connectivity index (χ2n) is 10.7. The van der Waals surface area contributed by atoms with Gasteiger partial charge in [0.15, 0.2) is 0 Å². The van der Waals surface area contributed by atoms with Gasteiger partial charge in [-0.05, 0) is 58.3 Å².